The van der Waals surface area contributed by atoms with E-state index in [1.54, 1.807) is 32.4 Å². The summed E-state index contributed by atoms with van der Waals surface area (Å²) < 4.78 is 16.5. The number of para-hydroxylation sites is 1. The lowest BCUT2D eigenvalue weighted by Crippen LogP contribution is -2.40. The second-order valence-electron chi connectivity index (χ2n) is 6.97. The van der Waals surface area contributed by atoms with Gasteiger partial charge in [0.15, 0.2) is 5.78 Å². The van der Waals surface area contributed by atoms with Gasteiger partial charge >= 0.3 is 0 Å². The van der Waals surface area contributed by atoms with Gasteiger partial charge in [-0.05, 0) is 50.3 Å². The molecule has 0 bridgehead atoms. The Morgan fingerprint density at radius 3 is 2.27 bits per heavy atom. The fourth-order valence-corrected chi connectivity index (χ4v) is 3.01. The zero-order valence-electron chi connectivity index (χ0n) is 17.8. The molecule has 2 unspecified atom stereocenters. The molecule has 0 fully saturated rings. The number of benzene rings is 2. The van der Waals surface area contributed by atoms with Crippen LogP contribution in [0, 0.1) is 0 Å². The summed E-state index contributed by atoms with van der Waals surface area (Å²) in [4.78, 5) is 14.6. The molecule has 0 aliphatic heterocycles. The molecule has 0 saturated heterocycles. The largest absolute Gasteiger partial charge is 0.497 e. The van der Waals surface area contributed by atoms with Gasteiger partial charge in [0.05, 0.1) is 25.3 Å². The quantitative estimate of drug-likeness (QED) is 0.311. The van der Waals surface area contributed by atoms with Crippen LogP contribution in [0.1, 0.15) is 28.8 Å². The first-order chi connectivity index (χ1) is 13.8. The first-order valence-corrected chi connectivity index (χ1v) is 9.82. The number of halogens is 2. The molecular formula is C22H30Cl2N2O4. The maximum Gasteiger partial charge on any atom is 0.166 e. The normalized spacial score (nSPS) is 12.6. The van der Waals surface area contributed by atoms with Crippen molar-refractivity contribution in [1.82, 2.24) is 4.90 Å². The lowest BCUT2D eigenvalue weighted by atomic mass is 10.0. The molecular weight excluding hydrogens is 427 g/mol. The van der Waals surface area contributed by atoms with Crippen molar-refractivity contribution in [3.8, 4) is 17.2 Å². The van der Waals surface area contributed by atoms with Crippen molar-refractivity contribution in [2.45, 2.75) is 31.0 Å². The molecule has 0 aliphatic rings. The summed E-state index contributed by atoms with van der Waals surface area (Å²) >= 11 is 6.24. The number of alkyl halides is 1. The van der Waals surface area contributed by atoms with Crippen LogP contribution in [0.15, 0.2) is 42.5 Å². The molecule has 6 nitrogen and oxygen atoms in total. The molecule has 2 aromatic carbocycles. The number of carbonyl (C=O) groups excluding carboxylic acids is 1. The SMILES string of the molecule is COc1cc(COc2ccccc2C(=O)CCC(N)C(Cl)N(C)C)cc(OC)c1.Cl. The van der Waals surface area contributed by atoms with Gasteiger partial charge in [-0.1, -0.05) is 12.1 Å². The van der Waals surface area contributed by atoms with Crippen LogP contribution in [-0.2, 0) is 6.61 Å². The van der Waals surface area contributed by atoms with E-state index in [-0.39, 0.29) is 36.3 Å². The van der Waals surface area contributed by atoms with Gasteiger partial charge in [-0.2, -0.15) is 0 Å². The van der Waals surface area contributed by atoms with E-state index >= 15 is 0 Å². The van der Waals surface area contributed by atoms with Crippen molar-refractivity contribution >= 4 is 29.8 Å². The van der Waals surface area contributed by atoms with E-state index in [1.165, 1.54) is 0 Å². The Morgan fingerprint density at radius 2 is 1.70 bits per heavy atom. The molecule has 0 radical (unpaired) electrons. The lowest BCUT2D eigenvalue weighted by Gasteiger charge is -2.23. The third-order valence-corrected chi connectivity index (χ3v) is 5.26. The minimum absolute atomic E-state index is 0. The molecule has 2 atom stereocenters. The van der Waals surface area contributed by atoms with Crippen LogP contribution in [0.25, 0.3) is 0 Å². The zero-order valence-corrected chi connectivity index (χ0v) is 19.3. The van der Waals surface area contributed by atoms with Crippen LogP contribution < -0.4 is 19.9 Å². The van der Waals surface area contributed by atoms with Gasteiger partial charge in [0.1, 0.15) is 23.9 Å². The molecule has 0 saturated carbocycles. The number of Topliss-reactive ketones (excluding diaryl/α,β-unsaturated/α-hetero) is 1. The number of likely N-dealkylation sites (N-methyl/N-ethyl adjacent to an activating group) is 1. The topological polar surface area (TPSA) is 74.0 Å². The Hall–Kier alpha value is -1.99. The summed E-state index contributed by atoms with van der Waals surface area (Å²) in [5, 5.41) is 0. The Labute approximate surface area is 189 Å². The molecule has 2 rings (SSSR count). The van der Waals surface area contributed by atoms with Gasteiger partial charge in [0, 0.05) is 18.5 Å². The first kappa shape index (κ1) is 26.0. The van der Waals surface area contributed by atoms with Crippen LogP contribution in [0.5, 0.6) is 17.2 Å². The number of carbonyl (C=O) groups is 1. The standard InChI is InChI=1S/C22H29ClN2O4.ClH/c1-25(2)22(23)19(24)9-10-20(26)18-7-5-6-8-21(18)29-14-15-11-16(27-3)13-17(12-15)28-4;/h5-8,11-13,19,22H,9-10,14,24H2,1-4H3;1H. The predicted octanol–water partition coefficient (Wildman–Crippen LogP) is 4.12. The van der Waals surface area contributed by atoms with Gasteiger partial charge in [-0.15, -0.1) is 24.0 Å². The van der Waals surface area contributed by atoms with Gasteiger partial charge in [-0.3, -0.25) is 9.69 Å². The number of nitrogens with zero attached hydrogens (tertiary/aromatic N) is 1. The molecule has 0 amide bonds. The second-order valence-corrected chi connectivity index (χ2v) is 7.41. The van der Waals surface area contributed by atoms with Crippen LogP contribution >= 0.6 is 24.0 Å². The van der Waals surface area contributed by atoms with E-state index in [9.17, 15) is 4.79 Å². The molecule has 0 aromatic heterocycles. The van der Waals surface area contributed by atoms with E-state index in [0.717, 1.165) is 5.56 Å². The van der Waals surface area contributed by atoms with E-state index in [4.69, 9.17) is 31.5 Å². The van der Waals surface area contributed by atoms with Gasteiger partial charge < -0.3 is 19.9 Å². The fraction of sp³-hybridized carbons (Fsp3) is 0.409. The molecule has 0 aliphatic carbocycles. The van der Waals surface area contributed by atoms with E-state index in [1.807, 2.05) is 43.3 Å². The molecule has 0 spiro atoms. The van der Waals surface area contributed by atoms with E-state index in [2.05, 4.69) is 0 Å². The van der Waals surface area contributed by atoms with Crippen LogP contribution in [0.4, 0.5) is 0 Å². The number of methoxy groups -OCH3 is 2. The van der Waals surface area contributed by atoms with Crippen molar-refractivity contribution in [3.63, 3.8) is 0 Å². The first-order valence-electron chi connectivity index (χ1n) is 9.38. The molecule has 0 heterocycles. The Balaban J connectivity index is 0.00000450. The van der Waals surface area contributed by atoms with E-state index in [0.29, 0.717) is 35.7 Å². The van der Waals surface area contributed by atoms with Crippen molar-refractivity contribution in [2.24, 2.45) is 5.73 Å². The summed E-state index contributed by atoms with van der Waals surface area (Å²) in [6.07, 6.45) is 0.790. The zero-order chi connectivity index (χ0) is 21.4. The minimum atomic E-state index is -0.322. The summed E-state index contributed by atoms with van der Waals surface area (Å²) in [6, 6.07) is 12.4. The van der Waals surface area contributed by atoms with Crippen molar-refractivity contribution in [3.05, 3.63) is 53.6 Å². The average molecular weight is 457 g/mol. The van der Waals surface area contributed by atoms with Crippen LogP contribution in [0.3, 0.4) is 0 Å². The predicted molar refractivity (Wildman–Crippen MR) is 122 cm³/mol. The lowest BCUT2D eigenvalue weighted by molar-refractivity contribution is 0.0970. The summed E-state index contributed by atoms with van der Waals surface area (Å²) in [5.41, 5.74) is 7.18. The Bertz CT molecular complexity index is 795. The fourth-order valence-electron chi connectivity index (χ4n) is 2.89. The molecule has 166 valence electrons. The number of ether oxygens (including phenoxy) is 3. The number of ketones is 1. The van der Waals surface area contributed by atoms with Gasteiger partial charge in [0.2, 0.25) is 0 Å². The third kappa shape index (κ3) is 7.36. The van der Waals surface area contributed by atoms with Crippen molar-refractivity contribution in [1.29, 1.82) is 0 Å². The minimum Gasteiger partial charge on any atom is -0.497 e. The molecule has 2 aromatic rings. The number of hydrogen-bond acceptors (Lipinski definition) is 6. The van der Waals surface area contributed by atoms with Crippen molar-refractivity contribution in [2.75, 3.05) is 28.3 Å². The molecule has 2 N–H and O–H groups in total. The Morgan fingerprint density at radius 1 is 1.10 bits per heavy atom. The third-order valence-electron chi connectivity index (χ3n) is 4.54. The molecule has 8 heteroatoms. The van der Waals surface area contributed by atoms with Crippen molar-refractivity contribution < 1.29 is 19.0 Å². The highest BCUT2D eigenvalue weighted by Gasteiger charge is 2.20. The highest BCUT2D eigenvalue weighted by Crippen LogP contribution is 2.26. The second kappa shape index (κ2) is 12.6. The van der Waals surface area contributed by atoms with Gasteiger partial charge in [0.25, 0.3) is 0 Å². The van der Waals surface area contributed by atoms with E-state index < -0.39 is 0 Å². The maximum absolute atomic E-state index is 12.7. The van der Waals surface area contributed by atoms with Crippen LogP contribution in [0.2, 0.25) is 0 Å². The summed E-state index contributed by atoms with van der Waals surface area (Å²) in [6.45, 7) is 0.280. The number of nitrogens with two attached hydrogens (primary N) is 1. The highest BCUT2D eigenvalue weighted by molar-refractivity contribution is 6.20. The average Bonchev–Trinajstić information content (AvgIpc) is 2.74. The number of rotatable bonds is 11. The summed E-state index contributed by atoms with van der Waals surface area (Å²) in [5.74, 6) is 1.86. The number of hydrogen-bond donors (Lipinski definition) is 1. The summed E-state index contributed by atoms with van der Waals surface area (Å²) in [7, 11) is 6.91. The van der Waals surface area contributed by atoms with Gasteiger partial charge in [-0.25, -0.2) is 0 Å². The maximum atomic E-state index is 12.7. The van der Waals surface area contributed by atoms with Crippen LogP contribution in [-0.4, -0.2) is 50.5 Å². The highest BCUT2D eigenvalue weighted by atomic mass is 35.5. The Kier molecular flexibility index (Phi) is 11.0. The smallest absolute Gasteiger partial charge is 0.166 e. The monoisotopic (exact) mass is 456 g/mol. The molecule has 30 heavy (non-hydrogen) atoms.